The molecule has 4 bridgehead atoms. The van der Waals surface area contributed by atoms with Crippen molar-refractivity contribution in [3.05, 3.63) is 30.1 Å². The average Bonchev–Trinajstić information content (AvgIpc) is 2.71. The van der Waals surface area contributed by atoms with Crippen LogP contribution < -0.4 is 10.1 Å². The molecule has 0 aromatic heterocycles. The van der Waals surface area contributed by atoms with Gasteiger partial charge in [0.25, 0.3) is 0 Å². The molecule has 4 saturated carbocycles. The quantitative estimate of drug-likeness (QED) is 0.678. The molecular weight excluding hydrogens is 395 g/mol. The standard InChI is InChI=1S/C25H35FN2O3/c1-16(2)22(23(29)28(3)8-9-31-21-7-5-4-6-20(21)26)27-24(30)25-13-17-10-18(14-25)12-19(11-17)15-25/h4-7,16-19,22H,8-15H2,1-3H3,(H,27,30). The summed E-state index contributed by atoms with van der Waals surface area (Å²) in [5.41, 5.74) is -0.269. The van der Waals surface area contributed by atoms with E-state index in [-0.39, 0.29) is 35.5 Å². The number of benzene rings is 1. The molecule has 0 heterocycles. The highest BCUT2D eigenvalue weighted by atomic mass is 19.1. The number of carbonyl (C=O) groups is 2. The largest absolute Gasteiger partial charge is 0.489 e. The van der Waals surface area contributed by atoms with Crippen LogP contribution in [0.25, 0.3) is 0 Å². The third-order valence-electron chi connectivity index (χ3n) is 7.64. The maximum atomic E-state index is 13.7. The van der Waals surface area contributed by atoms with Crippen molar-refractivity contribution in [3.63, 3.8) is 0 Å². The molecule has 4 fully saturated rings. The van der Waals surface area contributed by atoms with Crippen molar-refractivity contribution < 1.29 is 18.7 Å². The molecule has 1 aromatic carbocycles. The van der Waals surface area contributed by atoms with Gasteiger partial charge in [-0.15, -0.1) is 0 Å². The summed E-state index contributed by atoms with van der Waals surface area (Å²) >= 11 is 0. The van der Waals surface area contributed by atoms with Crippen molar-refractivity contribution in [3.8, 4) is 5.75 Å². The second-order valence-electron chi connectivity index (χ2n) is 10.4. The van der Waals surface area contributed by atoms with Crippen LogP contribution in [0, 0.1) is 34.9 Å². The molecule has 1 atom stereocenters. The predicted molar refractivity (Wildman–Crippen MR) is 117 cm³/mol. The van der Waals surface area contributed by atoms with Crippen molar-refractivity contribution >= 4 is 11.8 Å². The Hall–Kier alpha value is -2.11. The molecule has 0 aliphatic heterocycles. The second-order valence-corrected chi connectivity index (χ2v) is 10.4. The lowest BCUT2D eigenvalue weighted by molar-refractivity contribution is -0.150. The number of nitrogens with zero attached hydrogens (tertiary/aromatic N) is 1. The van der Waals surface area contributed by atoms with E-state index in [0.29, 0.717) is 24.3 Å². The fraction of sp³-hybridized carbons (Fsp3) is 0.680. The molecular formula is C25H35FN2O3. The zero-order valence-corrected chi connectivity index (χ0v) is 18.9. The van der Waals surface area contributed by atoms with E-state index < -0.39 is 11.9 Å². The van der Waals surface area contributed by atoms with Crippen LogP contribution in [0.4, 0.5) is 4.39 Å². The highest BCUT2D eigenvalue weighted by Crippen LogP contribution is 2.60. The Labute approximate surface area is 184 Å². The van der Waals surface area contributed by atoms with Gasteiger partial charge < -0.3 is 15.0 Å². The van der Waals surface area contributed by atoms with Crippen molar-refractivity contribution in [1.29, 1.82) is 0 Å². The summed E-state index contributed by atoms with van der Waals surface area (Å²) in [7, 11) is 1.71. The Bertz CT molecular complexity index is 789. The molecule has 31 heavy (non-hydrogen) atoms. The first-order valence-electron chi connectivity index (χ1n) is 11.7. The van der Waals surface area contributed by atoms with Crippen LogP contribution >= 0.6 is 0 Å². The summed E-state index contributed by atoms with van der Waals surface area (Å²) in [6, 6.07) is 5.68. The number of para-hydroxylation sites is 1. The van der Waals surface area contributed by atoms with Crippen LogP contribution in [-0.4, -0.2) is 43.0 Å². The van der Waals surface area contributed by atoms with E-state index in [9.17, 15) is 14.0 Å². The number of halogens is 1. The van der Waals surface area contributed by atoms with Gasteiger partial charge in [-0.25, -0.2) is 4.39 Å². The van der Waals surface area contributed by atoms with Crippen LogP contribution in [0.2, 0.25) is 0 Å². The van der Waals surface area contributed by atoms with Crippen LogP contribution in [0.1, 0.15) is 52.4 Å². The van der Waals surface area contributed by atoms with E-state index in [0.717, 1.165) is 19.3 Å². The predicted octanol–water partition coefficient (Wildman–Crippen LogP) is 4.02. The van der Waals surface area contributed by atoms with Gasteiger partial charge in [0, 0.05) is 12.5 Å². The molecule has 1 unspecified atom stereocenters. The van der Waals surface area contributed by atoms with Gasteiger partial charge in [0.2, 0.25) is 11.8 Å². The van der Waals surface area contributed by atoms with Crippen LogP contribution in [0.15, 0.2) is 24.3 Å². The van der Waals surface area contributed by atoms with Gasteiger partial charge >= 0.3 is 0 Å². The van der Waals surface area contributed by atoms with Gasteiger partial charge in [-0.2, -0.15) is 0 Å². The first-order valence-corrected chi connectivity index (χ1v) is 11.7. The van der Waals surface area contributed by atoms with Crippen LogP contribution in [-0.2, 0) is 9.59 Å². The minimum atomic E-state index is -0.557. The summed E-state index contributed by atoms with van der Waals surface area (Å²) in [5, 5.41) is 3.14. The molecule has 4 aliphatic rings. The Kier molecular flexibility index (Phi) is 6.27. The molecule has 170 valence electrons. The SMILES string of the molecule is CC(C)C(NC(=O)C12CC3CC(CC(C3)C1)C2)C(=O)N(C)CCOc1ccccc1F. The highest BCUT2D eigenvalue weighted by Gasteiger charge is 2.55. The summed E-state index contributed by atoms with van der Waals surface area (Å²) in [6.07, 6.45) is 6.79. The van der Waals surface area contributed by atoms with Crippen molar-refractivity contribution in [1.82, 2.24) is 10.2 Å². The fourth-order valence-electron chi connectivity index (χ4n) is 6.40. The van der Waals surface area contributed by atoms with Crippen molar-refractivity contribution in [2.24, 2.45) is 29.1 Å². The van der Waals surface area contributed by atoms with Crippen LogP contribution in [0.3, 0.4) is 0 Å². The molecule has 0 radical (unpaired) electrons. The van der Waals surface area contributed by atoms with E-state index in [2.05, 4.69) is 5.32 Å². The van der Waals surface area contributed by atoms with E-state index >= 15 is 0 Å². The summed E-state index contributed by atoms with van der Waals surface area (Å²) in [5.74, 6) is 1.76. The van der Waals surface area contributed by atoms with Gasteiger partial charge in [0.05, 0.1) is 6.54 Å². The molecule has 5 nitrogen and oxygen atoms in total. The van der Waals surface area contributed by atoms with Gasteiger partial charge in [-0.05, 0) is 74.3 Å². The van der Waals surface area contributed by atoms with Crippen molar-refractivity contribution in [2.45, 2.75) is 58.4 Å². The first kappa shape index (κ1) is 22.1. The lowest BCUT2D eigenvalue weighted by Gasteiger charge is -2.56. The van der Waals surface area contributed by atoms with Gasteiger partial charge in [0.1, 0.15) is 12.6 Å². The molecule has 0 spiro atoms. The maximum absolute atomic E-state index is 13.7. The summed E-state index contributed by atoms with van der Waals surface area (Å²) in [6.45, 7) is 4.44. The molecule has 4 aliphatic carbocycles. The van der Waals surface area contributed by atoms with E-state index in [4.69, 9.17) is 4.74 Å². The molecule has 5 rings (SSSR count). The van der Waals surface area contributed by atoms with E-state index in [1.54, 1.807) is 30.1 Å². The fourth-order valence-corrected chi connectivity index (χ4v) is 6.40. The summed E-state index contributed by atoms with van der Waals surface area (Å²) < 4.78 is 19.2. The number of hydrogen-bond acceptors (Lipinski definition) is 3. The highest BCUT2D eigenvalue weighted by molar-refractivity contribution is 5.90. The zero-order chi connectivity index (χ0) is 22.2. The minimum absolute atomic E-state index is 0.0136. The first-order chi connectivity index (χ1) is 14.8. The van der Waals surface area contributed by atoms with Gasteiger partial charge in [0.15, 0.2) is 11.6 Å². The number of nitrogens with one attached hydrogen (secondary N) is 1. The van der Waals surface area contributed by atoms with E-state index in [1.165, 1.54) is 25.3 Å². The summed E-state index contributed by atoms with van der Waals surface area (Å²) in [4.78, 5) is 28.1. The lowest BCUT2D eigenvalue weighted by Crippen LogP contribution is -2.58. The molecule has 6 heteroatoms. The Balaban J connectivity index is 1.35. The third-order valence-corrected chi connectivity index (χ3v) is 7.64. The van der Waals surface area contributed by atoms with E-state index in [1.807, 2.05) is 13.8 Å². The molecule has 2 amide bonds. The average molecular weight is 431 g/mol. The number of ether oxygens (including phenoxy) is 1. The Morgan fingerprint density at radius 2 is 1.71 bits per heavy atom. The molecule has 1 aromatic rings. The molecule has 0 saturated heterocycles. The third kappa shape index (κ3) is 4.58. The normalized spacial score (nSPS) is 29.6. The van der Waals surface area contributed by atoms with Crippen LogP contribution in [0.5, 0.6) is 5.75 Å². The number of amides is 2. The Morgan fingerprint density at radius 1 is 1.13 bits per heavy atom. The van der Waals surface area contributed by atoms with Gasteiger partial charge in [-0.3, -0.25) is 9.59 Å². The van der Waals surface area contributed by atoms with Gasteiger partial charge in [-0.1, -0.05) is 26.0 Å². The minimum Gasteiger partial charge on any atom is -0.489 e. The lowest BCUT2D eigenvalue weighted by atomic mass is 9.49. The van der Waals surface area contributed by atoms with Crippen molar-refractivity contribution in [2.75, 3.05) is 20.2 Å². The second kappa shape index (κ2) is 8.79. The monoisotopic (exact) mass is 430 g/mol. The smallest absolute Gasteiger partial charge is 0.245 e. The Morgan fingerprint density at radius 3 is 2.26 bits per heavy atom. The number of carbonyl (C=O) groups excluding carboxylic acids is 2. The molecule has 1 N–H and O–H groups in total. The zero-order valence-electron chi connectivity index (χ0n) is 18.9. The number of likely N-dealkylation sites (N-methyl/N-ethyl adjacent to an activating group) is 1. The maximum Gasteiger partial charge on any atom is 0.245 e. The number of rotatable bonds is 8. The topological polar surface area (TPSA) is 58.6 Å². The number of hydrogen-bond donors (Lipinski definition) is 1.